The first-order valence-electron chi connectivity index (χ1n) is 3.87. The zero-order valence-corrected chi connectivity index (χ0v) is 10.8. The molecule has 0 saturated carbocycles. The van der Waals surface area contributed by atoms with Crippen LogP contribution in [0, 0.1) is 0 Å². The summed E-state index contributed by atoms with van der Waals surface area (Å²) in [5.74, 6) is 0. The molecule has 0 saturated heterocycles. The minimum absolute atomic E-state index is 0. The van der Waals surface area contributed by atoms with E-state index in [1.807, 2.05) is 0 Å². The molecule has 0 aliphatic carbocycles. The number of hydrogen-bond acceptors (Lipinski definition) is 15. The Morgan fingerprint density at radius 3 is 0.238 bits per heavy atom. The Kier molecular flexibility index (Phi) is 57.1. The highest BCUT2D eigenvalue weighted by molar-refractivity contribution is 6.31. The van der Waals surface area contributed by atoms with Crippen LogP contribution in [0.15, 0.2) is 0 Å². The van der Waals surface area contributed by atoms with Gasteiger partial charge in [-0.3, -0.25) is 0 Å². The SMILES string of the molecule is Cl.OB(O)O.OB(O)O.OB(O)O.OB(O)O.OB(O)O. The molecule has 0 rings (SSSR count). The lowest BCUT2D eigenvalue weighted by Gasteiger charge is -1.69. The average Bonchev–Trinajstić information content (AvgIpc) is 1.94. The smallest absolute Gasteiger partial charge is 0.402 e. The fourth-order valence-electron chi connectivity index (χ4n) is 0. The second-order valence-electron chi connectivity index (χ2n) is 1.73. The van der Waals surface area contributed by atoms with Crippen molar-refractivity contribution in [2.45, 2.75) is 0 Å². The van der Waals surface area contributed by atoms with Crippen LogP contribution in [0.4, 0.5) is 0 Å². The van der Waals surface area contributed by atoms with Gasteiger partial charge in [0.15, 0.2) is 0 Å². The highest BCUT2D eigenvalue weighted by Gasteiger charge is 1.94. The highest BCUT2D eigenvalue weighted by Crippen LogP contribution is 1.41. The Bertz CT molecular complexity index is 80.6. The van der Waals surface area contributed by atoms with Crippen molar-refractivity contribution in [1.29, 1.82) is 0 Å². The largest absolute Gasteiger partial charge is 0.631 e. The lowest BCUT2D eigenvalue weighted by Crippen LogP contribution is -2.07. The molecule has 21 heteroatoms. The summed E-state index contributed by atoms with van der Waals surface area (Å²) in [6.45, 7) is 0. The van der Waals surface area contributed by atoms with Gasteiger partial charge in [0, 0.05) is 0 Å². The first kappa shape index (κ1) is 37.3. The second-order valence-corrected chi connectivity index (χ2v) is 1.73. The van der Waals surface area contributed by atoms with Crippen molar-refractivity contribution in [2.75, 3.05) is 0 Å². The molecule has 0 aromatic carbocycles. The lowest BCUT2D eigenvalue weighted by atomic mass is 10.3. The minimum atomic E-state index is -2.17. The van der Waals surface area contributed by atoms with Gasteiger partial charge in [-0.05, 0) is 0 Å². The van der Waals surface area contributed by atoms with E-state index < -0.39 is 36.6 Å². The van der Waals surface area contributed by atoms with Gasteiger partial charge < -0.3 is 75.4 Å². The van der Waals surface area contributed by atoms with Crippen LogP contribution in [0.5, 0.6) is 0 Å². The zero-order valence-electron chi connectivity index (χ0n) is 10.0. The van der Waals surface area contributed by atoms with Crippen molar-refractivity contribution < 1.29 is 75.4 Å². The fourth-order valence-corrected chi connectivity index (χ4v) is 0. The molecule has 0 aromatic heterocycles. The van der Waals surface area contributed by atoms with E-state index in [0.29, 0.717) is 0 Å². The molecule has 0 aliphatic heterocycles. The molecule has 0 radical (unpaired) electrons. The van der Waals surface area contributed by atoms with E-state index in [4.69, 9.17) is 75.4 Å². The quantitative estimate of drug-likeness (QED) is 0.181. The van der Waals surface area contributed by atoms with Crippen LogP contribution in [0.25, 0.3) is 0 Å². The normalized spacial score (nSPS) is 6.43. The second kappa shape index (κ2) is 32.1. The first-order chi connectivity index (χ1) is 8.66. The summed E-state index contributed by atoms with van der Waals surface area (Å²) in [4.78, 5) is 0. The molecule has 0 spiro atoms. The first-order valence-corrected chi connectivity index (χ1v) is 3.87. The maximum absolute atomic E-state index is 7.17. The van der Waals surface area contributed by atoms with Crippen molar-refractivity contribution in [1.82, 2.24) is 0 Å². The summed E-state index contributed by atoms with van der Waals surface area (Å²) < 4.78 is 0. The Hall–Kier alpha value is 0.0147. The number of rotatable bonds is 0. The maximum Gasteiger partial charge on any atom is 0.631 e. The maximum atomic E-state index is 7.17. The standard InChI is InChI=1S/5BH3O3.ClH/c5*2-1(3)4;/h5*2-4H;1H. The fraction of sp³-hybridized carbons (Fsp3) is 0. The monoisotopic (exact) mass is 346 g/mol. The van der Waals surface area contributed by atoms with E-state index in [2.05, 4.69) is 0 Å². The summed E-state index contributed by atoms with van der Waals surface area (Å²) in [5, 5.41) is 108. The highest BCUT2D eigenvalue weighted by atomic mass is 35.5. The van der Waals surface area contributed by atoms with Crippen LogP contribution in [0.1, 0.15) is 0 Å². The number of hydrogen-bond donors (Lipinski definition) is 15. The topological polar surface area (TPSA) is 303 Å². The van der Waals surface area contributed by atoms with E-state index in [9.17, 15) is 0 Å². The third-order valence-corrected chi connectivity index (χ3v) is 0. The molecule has 0 amide bonds. The summed E-state index contributed by atoms with van der Waals surface area (Å²) in [7, 11) is -10.8. The van der Waals surface area contributed by atoms with Gasteiger partial charge in [0.2, 0.25) is 0 Å². The molecule has 0 heterocycles. The molecule has 15 N–H and O–H groups in total. The summed E-state index contributed by atoms with van der Waals surface area (Å²) in [6, 6.07) is 0. The van der Waals surface area contributed by atoms with Gasteiger partial charge in [0.1, 0.15) is 0 Å². The van der Waals surface area contributed by atoms with Crippen LogP contribution in [-0.4, -0.2) is 112 Å². The van der Waals surface area contributed by atoms with Crippen LogP contribution in [0.2, 0.25) is 0 Å². The van der Waals surface area contributed by atoms with Crippen molar-refractivity contribution in [3.05, 3.63) is 0 Å². The van der Waals surface area contributed by atoms with Gasteiger partial charge in [-0.25, -0.2) is 0 Å². The summed E-state index contributed by atoms with van der Waals surface area (Å²) in [5.41, 5.74) is 0. The van der Waals surface area contributed by atoms with Crippen molar-refractivity contribution in [3.63, 3.8) is 0 Å². The van der Waals surface area contributed by atoms with Crippen molar-refractivity contribution in [3.8, 4) is 0 Å². The van der Waals surface area contributed by atoms with E-state index in [-0.39, 0.29) is 12.4 Å². The summed E-state index contributed by atoms with van der Waals surface area (Å²) >= 11 is 0. The van der Waals surface area contributed by atoms with Gasteiger partial charge in [0.05, 0.1) is 0 Å². The molecular weight excluding hydrogens is 329 g/mol. The molecule has 0 unspecified atom stereocenters. The van der Waals surface area contributed by atoms with E-state index in [1.165, 1.54) is 0 Å². The third-order valence-electron chi connectivity index (χ3n) is 0. The molecule has 0 aromatic rings. The summed E-state index contributed by atoms with van der Waals surface area (Å²) in [6.07, 6.45) is 0. The lowest BCUT2D eigenvalue weighted by molar-refractivity contribution is 0.276. The zero-order chi connectivity index (χ0) is 17.9. The molecule has 0 fully saturated rings. The molecule has 128 valence electrons. The van der Waals surface area contributed by atoms with Crippen LogP contribution in [0.3, 0.4) is 0 Å². The molecular formula is H16B5ClO15. The molecule has 15 nitrogen and oxygen atoms in total. The van der Waals surface area contributed by atoms with Gasteiger partial charge in [0.25, 0.3) is 0 Å². The number of halogens is 1. The van der Waals surface area contributed by atoms with Gasteiger partial charge in [-0.15, -0.1) is 12.4 Å². The Labute approximate surface area is 125 Å². The third kappa shape index (κ3) is 30200000. The van der Waals surface area contributed by atoms with Crippen LogP contribution < -0.4 is 0 Å². The van der Waals surface area contributed by atoms with Crippen LogP contribution >= 0.6 is 12.4 Å². The Morgan fingerprint density at radius 2 is 0.238 bits per heavy atom. The molecule has 0 bridgehead atoms. The van der Waals surface area contributed by atoms with Crippen molar-refractivity contribution >= 4 is 49.0 Å². The van der Waals surface area contributed by atoms with Gasteiger partial charge in [-0.2, -0.15) is 0 Å². The molecule has 21 heavy (non-hydrogen) atoms. The molecule has 0 aliphatic rings. The van der Waals surface area contributed by atoms with Crippen molar-refractivity contribution in [2.24, 2.45) is 0 Å². The van der Waals surface area contributed by atoms with E-state index >= 15 is 0 Å². The van der Waals surface area contributed by atoms with Gasteiger partial charge >= 0.3 is 36.6 Å². The van der Waals surface area contributed by atoms with Gasteiger partial charge in [-0.1, -0.05) is 0 Å². The Balaban J connectivity index is -0.0000000331. The Morgan fingerprint density at radius 1 is 0.238 bits per heavy atom. The predicted octanol–water partition coefficient (Wildman–Crippen LogP) is -9.84. The average molecular weight is 346 g/mol. The van der Waals surface area contributed by atoms with Crippen LogP contribution in [-0.2, 0) is 0 Å². The minimum Gasteiger partial charge on any atom is -0.402 e. The molecule has 0 atom stereocenters. The van der Waals surface area contributed by atoms with E-state index in [0.717, 1.165) is 0 Å². The van der Waals surface area contributed by atoms with E-state index in [1.54, 1.807) is 0 Å². The predicted molar refractivity (Wildman–Crippen MR) is 69.3 cm³/mol.